The second-order valence-electron chi connectivity index (χ2n) is 2.89. The molecule has 0 spiro atoms. The van der Waals surface area contributed by atoms with Crippen LogP contribution in [0.3, 0.4) is 0 Å². The highest BCUT2D eigenvalue weighted by atomic mass is 19.4. The van der Waals surface area contributed by atoms with E-state index < -0.39 is 18.7 Å². The topological polar surface area (TPSA) is 91.5 Å². The summed E-state index contributed by atoms with van der Waals surface area (Å²) in [5.74, 6) is -1.00. The lowest BCUT2D eigenvalue weighted by atomic mass is 10.4. The van der Waals surface area contributed by atoms with Crippen LogP contribution < -0.4 is 11.5 Å². The number of nitrogens with one attached hydrogen (secondary N) is 1. The van der Waals surface area contributed by atoms with Crippen molar-refractivity contribution in [2.24, 2.45) is 16.5 Å². The van der Waals surface area contributed by atoms with E-state index in [-0.39, 0.29) is 12.5 Å². The summed E-state index contributed by atoms with van der Waals surface area (Å²) in [5, 5.41) is 6.78. The summed E-state index contributed by atoms with van der Waals surface area (Å²) in [6, 6.07) is 0. The van der Waals surface area contributed by atoms with Crippen LogP contribution in [0.15, 0.2) is 4.99 Å². The molecule has 0 aliphatic carbocycles. The summed E-state index contributed by atoms with van der Waals surface area (Å²) >= 11 is 0. The Balaban J connectivity index is 4.58. The summed E-state index contributed by atoms with van der Waals surface area (Å²) in [7, 11) is 0. The van der Waals surface area contributed by atoms with Gasteiger partial charge in [0.15, 0.2) is 5.96 Å². The number of alkyl halides is 3. The van der Waals surface area contributed by atoms with Crippen molar-refractivity contribution >= 4 is 11.9 Å². The van der Waals surface area contributed by atoms with E-state index in [0.29, 0.717) is 6.42 Å². The summed E-state index contributed by atoms with van der Waals surface area (Å²) in [5.41, 5.74) is 10.2. The van der Waals surface area contributed by atoms with Crippen molar-refractivity contribution in [3.8, 4) is 0 Å². The molecule has 5 nitrogen and oxygen atoms in total. The van der Waals surface area contributed by atoms with Crippen molar-refractivity contribution in [1.82, 2.24) is 4.90 Å². The average Bonchev–Trinajstić information content (AvgIpc) is 1.99. The van der Waals surface area contributed by atoms with E-state index in [0.717, 1.165) is 4.90 Å². The van der Waals surface area contributed by atoms with Crippen LogP contribution in [-0.4, -0.2) is 36.1 Å². The summed E-state index contributed by atoms with van der Waals surface area (Å²) in [6.07, 6.45) is -3.86. The van der Waals surface area contributed by atoms with Crippen LogP contribution in [0.2, 0.25) is 0 Å². The van der Waals surface area contributed by atoms with Crippen molar-refractivity contribution in [3.63, 3.8) is 0 Å². The van der Waals surface area contributed by atoms with Crippen molar-refractivity contribution < 1.29 is 13.2 Å². The molecule has 0 rings (SSSR count). The number of hydrogen-bond acceptors (Lipinski definition) is 1. The van der Waals surface area contributed by atoms with Gasteiger partial charge in [0.05, 0.1) is 0 Å². The zero-order valence-corrected chi connectivity index (χ0v) is 8.30. The van der Waals surface area contributed by atoms with Crippen LogP contribution in [0.4, 0.5) is 13.2 Å². The smallest absolute Gasteiger partial charge is 0.369 e. The van der Waals surface area contributed by atoms with Crippen molar-refractivity contribution in [2.45, 2.75) is 19.5 Å². The molecule has 0 saturated carbocycles. The Bertz CT molecular complexity index is 248. The molecule has 0 atom stereocenters. The highest BCUT2D eigenvalue weighted by Gasteiger charge is 2.31. The Morgan fingerprint density at radius 1 is 1.40 bits per heavy atom. The van der Waals surface area contributed by atoms with E-state index in [1.807, 2.05) is 0 Å². The molecule has 0 heterocycles. The van der Waals surface area contributed by atoms with Gasteiger partial charge in [-0.25, -0.2) is 0 Å². The number of aliphatic imine (C=N–C) groups is 1. The van der Waals surface area contributed by atoms with Crippen LogP contribution in [0.25, 0.3) is 0 Å². The fourth-order valence-electron chi connectivity index (χ4n) is 0.955. The highest BCUT2D eigenvalue weighted by Crippen LogP contribution is 2.16. The number of nitrogens with zero attached hydrogens (tertiary/aromatic N) is 2. The predicted molar refractivity (Wildman–Crippen MR) is 51.5 cm³/mol. The maximum Gasteiger partial charge on any atom is 0.406 e. The number of hydrogen-bond donors (Lipinski definition) is 3. The summed E-state index contributed by atoms with van der Waals surface area (Å²) in [4.78, 5) is 4.10. The monoisotopic (exact) mass is 225 g/mol. The van der Waals surface area contributed by atoms with Crippen LogP contribution in [0.5, 0.6) is 0 Å². The Kier molecular flexibility index (Phi) is 4.89. The van der Waals surface area contributed by atoms with E-state index in [4.69, 9.17) is 16.9 Å². The Morgan fingerprint density at radius 2 is 1.93 bits per heavy atom. The zero-order chi connectivity index (χ0) is 12.1. The van der Waals surface area contributed by atoms with Crippen LogP contribution in [-0.2, 0) is 0 Å². The van der Waals surface area contributed by atoms with Crippen molar-refractivity contribution in [2.75, 3.05) is 13.1 Å². The highest BCUT2D eigenvalue weighted by molar-refractivity contribution is 5.91. The molecular weight excluding hydrogens is 211 g/mol. The third kappa shape index (κ3) is 6.58. The molecule has 88 valence electrons. The number of nitrogens with two attached hydrogens (primary N) is 2. The third-order valence-corrected chi connectivity index (χ3v) is 1.42. The quantitative estimate of drug-likeness (QED) is 0.481. The van der Waals surface area contributed by atoms with Crippen LogP contribution in [0.1, 0.15) is 13.3 Å². The second-order valence-corrected chi connectivity index (χ2v) is 2.89. The molecule has 15 heavy (non-hydrogen) atoms. The van der Waals surface area contributed by atoms with E-state index >= 15 is 0 Å². The van der Waals surface area contributed by atoms with Gasteiger partial charge in [0.25, 0.3) is 0 Å². The molecule has 5 N–H and O–H groups in total. The lowest BCUT2D eigenvalue weighted by molar-refractivity contribution is -0.138. The maximum atomic E-state index is 12.1. The van der Waals surface area contributed by atoms with E-state index in [2.05, 4.69) is 4.99 Å². The lowest BCUT2D eigenvalue weighted by Crippen LogP contribution is -2.44. The standard InChI is InChI=1S/C7H14F3N5/c1-2-3-15(4-7(8,9)10)6(13)14-5(11)12/h2-4H2,1H3,(H5,11,12,13,14). The van der Waals surface area contributed by atoms with E-state index in [9.17, 15) is 13.2 Å². The van der Waals surface area contributed by atoms with E-state index in [1.54, 1.807) is 6.92 Å². The molecule has 0 aliphatic rings. The van der Waals surface area contributed by atoms with Gasteiger partial charge >= 0.3 is 6.18 Å². The molecule has 0 radical (unpaired) electrons. The first-order valence-electron chi connectivity index (χ1n) is 4.26. The fourth-order valence-corrected chi connectivity index (χ4v) is 0.955. The Morgan fingerprint density at radius 3 is 2.27 bits per heavy atom. The molecule has 0 aliphatic heterocycles. The maximum absolute atomic E-state index is 12.1. The number of halogens is 3. The fraction of sp³-hybridized carbons (Fsp3) is 0.714. The minimum atomic E-state index is -4.36. The van der Waals surface area contributed by atoms with Gasteiger partial charge in [-0.05, 0) is 6.42 Å². The van der Waals surface area contributed by atoms with Gasteiger partial charge in [0.1, 0.15) is 6.54 Å². The van der Waals surface area contributed by atoms with Crippen LogP contribution >= 0.6 is 0 Å². The zero-order valence-electron chi connectivity index (χ0n) is 8.30. The van der Waals surface area contributed by atoms with Gasteiger partial charge in [-0.2, -0.15) is 18.2 Å². The molecule has 0 unspecified atom stereocenters. The Labute approximate surface area is 85.4 Å². The third-order valence-electron chi connectivity index (χ3n) is 1.42. The van der Waals surface area contributed by atoms with Gasteiger partial charge in [0.2, 0.25) is 5.96 Å². The van der Waals surface area contributed by atoms with Crippen molar-refractivity contribution in [3.05, 3.63) is 0 Å². The molecule has 0 aromatic carbocycles. The largest absolute Gasteiger partial charge is 0.406 e. The number of guanidine groups is 2. The molecular formula is C7H14F3N5. The molecule has 0 saturated heterocycles. The van der Waals surface area contributed by atoms with E-state index in [1.165, 1.54) is 0 Å². The SMILES string of the molecule is CCCN(CC(F)(F)F)/C(N)=N/C(=N)N. The summed E-state index contributed by atoms with van der Waals surface area (Å²) in [6.45, 7) is 0.635. The molecule has 0 amide bonds. The van der Waals surface area contributed by atoms with Gasteiger partial charge in [0, 0.05) is 6.54 Å². The van der Waals surface area contributed by atoms with Gasteiger partial charge in [-0.1, -0.05) is 6.92 Å². The molecule has 0 bridgehead atoms. The molecule has 0 aromatic heterocycles. The predicted octanol–water partition coefficient (Wildman–Crippen LogP) is 0.469. The summed E-state index contributed by atoms with van der Waals surface area (Å²) < 4.78 is 36.3. The first kappa shape index (κ1) is 13.5. The lowest BCUT2D eigenvalue weighted by Gasteiger charge is -2.23. The minimum Gasteiger partial charge on any atom is -0.369 e. The Hall–Kier alpha value is -1.47. The van der Waals surface area contributed by atoms with Crippen molar-refractivity contribution in [1.29, 1.82) is 5.41 Å². The van der Waals surface area contributed by atoms with Gasteiger partial charge in [-0.15, -0.1) is 0 Å². The van der Waals surface area contributed by atoms with Gasteiger partial charge < -0.3 is 16.4 Å². The first-order chi connectivity index (χ1) is 6.76. The van der Waals surface area contributed by atoms with Gasteiger partial charge in [-0.3, -0.25) is 5.41 Å². The molecule has 8 heteroatoms. The average molecular weight is 225 g/mol. The second kappa shape index (κ2) is 5.42. The number of rotatable bonds is 3. The van der Waals surface area contributed by atoms with Crippen LogP contribution in [0, 0.1) is 5.41 Å². The minimum absolute atomic E-state index is 0.113. The normalized spacial score (nSPS) is 12.7. The molecule has 0 aromatic rings. The first-order valence-corrected chi connectivity index (χ1v) is 4.26. The molecule has 0 fully saturated rings.